The molecule has 1 aromatic rings. The third-order valence-electron chi connectivity index (χ3n) is 3.25. The third kappa shape index (κ3) is 2.71. The predicted octanol–water partition coefficient (Wildman–Crippen LogP) is 3.53. The molecule has 1 aliphatic heterocycles. The van der Waals surface area contributed by atoms with Gasteiger partial charge in [-0.05, 0) is 37.8 Å². The average Bonchev–Trinajstić information content (AvgIpc) is 2.65. The van der Waals surface area contributed by atoms with Crippen molar-refractivity contribution in [2.75, 3.05) is 10.2 Å². The number of amides is 1. The Labute approximate surface area is 111 Å². The van der Waals surface area contributed by atoms with Crippen LogP contribution in [0.1, 0.15) is 31.7 Å². The first-order valence-corrected chi connectivity index (χ1v) is 7.32. The van der Waals surface area contributed by atoms with E-state index in [0.717, 1.165) is 30.3 Å². The Morgan fingerprint density at radius 1 is 1.41 bits per heavy atom. The number of halogens is 1. The average molecular weight is 296 g/mol. The third-order valence-corrected chi connectivity index (χ3v) is 3.81. The van der Waals surface area contributed by atoms with E-state index in [1.807, 2.05) is 17.0 Å². The lowest BCUT2D eigenvalue weighted by atomic mass is 10.1. The van der Waals surface area contributed by atoms with E-state index in [0.29, 0.717) is 12.5 Å². The van der Waals surface area contributed by atoms with E-state index >= 15 is 0 Å². The number of anilines is 1. The van der Waals surface area contributed by atoms with Crippen LogP contribution >= 0.6 is 15.9 Å². The molecule has 0 radical (unpaired) electrons. The van der Waals surface area contributed by atoms with E-state index in [9.17, 15) is 4.79 Å². The highest BCUT2D eigenvalue weighted by Gasteiger charge is 2.29. The van der Waals surface area contributed by atoms with Gasteiger partial charge in [0.15, 0.2) is 0 Å². The largest absolute Gasteiger partial charge is 0.309 e. The topological polar surface area (TPSA) is 20.3 Å². The molecule has 0 aromatic heterocycles. The van der Waals surface area contributed by atoms with Crippen molar-refractivity contribution in [3.8, 4) is 0 Å². The minimum atomic E-state index is 0.267. The number of carbonyl (C=O) groups excluding carboxylic acids is 1. The Bertz CT molecular complexity index is 405. The lowest BCUT2D eigenvalue weighted by Gasteiger charge is -2.22. The Hall–Kier alpha value is -0.830. The van der Waals surface area contributed by atoms with Crippen LogP contribution in [0.2, 0.25) is 0 Å². The molecule has 0 bridgehead atoms. The van der Waals surface area contributed by atoms with Gasteiger partial charge < -0.3 is 4.90 Å². The summed E-state index contributed by atoms with van der Waals surface area (Å²) in [7, 11) is 0. The van der Waals surface area contributed by atoms with Gasteiger partial charge >= 0.3 is 0 Å². The molecule has 17 heavy (non-hydrogen) atoms. The van der Waals surface area contributed by atoms with Crippen LogP contribution in [0.5, 0.6) is 0 Å². The van der Waals surface area contributed by atoms with E-state index in [4.69, 9.17) is 0 Å². The zero-order valence-electron chi connectivity index (χ0n) is 10.2. The number of unbranched alkanes of at least 4 members (excludes halogenated alkanes) is 1. The van der Waals surface area contributed by atoms with Gasteiger partial charge in [-0.1, -0.05) is 34.1 Å². The molecule has 1 aromatic carbocycles. The first-order valence-electron chi connectivity index (χ1n) is 6.20. The summed E-state index contributed by atoms with van der Waals surface area (Å²) in [4.78, 5) is 14.2. The summed E-state index contributed by atoms with van der Waals surface area (Å²) in [5.74, 6) is 0.267. The Morgan fingerprint density at radius 3 is 2.94 bits per heavy atom. The van der Waals surface area contributed by atoms with Crippen LogP contribution in [0.15, 0.2) is 24.3 Å². The van der Waals surface area contributed by atoms with E-state index in [1.54, 1.807) is 0 Å². The summed E-state index contributed by atoms with van der Waals surface area (Å²) in [5, 5.41) is 0.979. The Kier molecular flexibility index (Phi) is 4.21. The number of benzene rings is 1. The molecule has 2 rings (SSSR count). The van der Waals surface area contributed by atoms with E-state index in [2.05, 4.69) is 35.0 Å². The van der Waals surface area contributed by atoms with Crippen molar-refractivity contribution >= 4 is 27.5 Å². The molecule has 0 saturated heterocycles. The van der Waals surface area contributed by atoms with E-state index < -0.39 is 0 Å². The zero-order chi connectivity index (χ0) is 12.3. The predicted molar refractivity (Wildman–Crippen MR) is 74.7 cm³/mol. The molecule has 1 amide bonds. The summed E-state index contributed by atoms with van der Waals surface area (Å²) in [6.45, 7) is 2.13. The molecule has 1 aliphatic rings. The van der Waals surface area contributed by atoms with Gasteiger partial charge in [-0.2, -0.15) is 0 Å². The normalized spacial score (nSPS) is 18.2. The van der Waals surface area contributed by atoms with E-state index in [1.165, 1.54) is 5.56 Å². The van der Waals surface area contributed by atoms with Crippen LogP contribution in [-0.2, 0) is 11.2 Å². The quantitative estimate of drug-likeness (QED) is 0.615. The Balaban J connectivity index is 2.08. The van der Waals surface area contributed by atoms with Gasteiger partial charge in [-0.25, -0.2) is 0 Å². The number of nitrogens with zero attached hydrogens (tertiary/aromatic N) is 1. The molecule has 92 valence electrons. The smallest absolute Gasteiger partial charge is 0.227 e. The summed E-state index contributed by atoms with van der Waals surface area (Å²) >= 11 is 3.40. The van der Waals surface area contributed by atoms with Crippen LogP contribution in [0.4, 0.5) is 5.69 Å². The van der Waals surface area contributed by atoms with Crippen LogP contribution in [-0.4, -0.2) is 17.3 Å². The van der Waals surface area contributed by atoms with Gasteiger partial charge in [0.1, 0.15) is 0 Å². The number of fused-ring (bicyclic) bond motifs is 1. The lowest BCUT2D eigenvalue weighted by molar-refractivity contribution is -0.119. The van der Waals surface area contributed by atoms with Gasteiger partial charge in [-0.3, -0.25) is 4.79 Å². The highest BCUT2D eigenvalue weighted by atomic mass is 79.9. The Morgan fingerprint density at radius 2 is 2.18 bits per heavy atom. The van der Waals surface area contributed by atoms with Crippen molar-refractivity contribution < 1.29 is 4.79 Å². The fraction of sp³-hybridized carbons (Fsp3) is 0.500. The molecule has 0 saturated carbocycles. The van der Waals surface area contributed by atoms with Crippen molar-refractivity contribution in [1.82, 2.24) is 0 Å². The number of hydrogen-bond donors (Lipinski definition) is 0. The molecule has 0 aliphatic carbocycles. The maximum absolute atomic E-state index is 12.2. The summed E-state index contributed by atoms with van der Waals surface area (Å²) in [5.41, 5.74) is 2.41. The van der Waals surface area contributed by atoms with Gasteiger partial charge in [0.25, 0.3) is 0 Å². The number of para-hydroxylation sites is 1. The fourth-order valence-corrected chi connectivity index (χ4v) is 2.83. The van der Waals surface area contributed by atoms with Crippen LogP contribution in [0.3, 0.4) is 0 Å². The van der Waals surface area contributed by atoms with Gasteiger partial charge in [0, 0.05) is 23.5 Å². The molecule has 1 heterocycles. The van der Waals surface area contributed by atoms with Gasteiger partial charge in [0.05, 0.1) is 0 Å². The maximum atomic E-state index is 12.2. The molecule has 1 atom stereocenters. The number of alkyl halides is 1. The lowest BCUT2D eigenvalue weighted by Crippen LogP contribution is -2.35. The molecule has 0 fully saturated rings. The van der Waals surface area contributed by atoms with Crippen LogP contribution in [0, 0.1) is 0 Å². The zero-order valence-corrected chi connectivity index (χ0v) is 11.7. The van der Waals surface area contributed by atoms with Crippen molar-refractivity contribution in [3.63, 3.8) is 0 Å². The van der Waals surface area contributed by atoms with Crippen molar-refractivity contribution in [1.29, 1.82) is 0 Å². The monoisotopic (exact) mass is 295 g/mol. The number of rotatable bonds is 4. The molecule has 1 unspecified atom stereocenters. The van der Waals surface area contributed by atoms with Crippen molar-refractivity contribution in [2.45, 2.75) is 38.6 Å². The van der Waals surface area contributed by atoms with Crippen molar-refractivity contribution in [2.24, 2.45) is 0 Å². The molecule has 3 heteroatoms. The van der Waals surface area contributed by atoms with Crippen LogP contribution in [0.25, 0.3) is 0 Å². The first-order chi connectivity index (χ1) is 8.24. The molecule has 0 N–H and O–H groups in total. The van der Waals surface area contributed by atoms with Gasteiger partial charge in [-0.15, -0.1) is 0 Å². The SMILES string of the molecule is CC1Cc2ccccc2N1C(=O)CCCCBr. The number of hydrogen-bond acceptors (Lipinski definition) is 1. The van der Waals surface area contributed by atoms with Gasteiger partial charge in [0.2, 0.25) is 5.91 Å². The first kappa shape index (κ1) is 12.6. The number of carbonyl (C=O) groups is 1. The van der Waals surface area contributed by atoms with Crippen LogP contribution < -0.4 is 4.90 Å². The highest BCUT2D eigenvalue weighted by molar-refractivity contribution is 9.09. The second kappa shape index (κ2) is 5.67. The molecule has 0 spiro atoms. The standard InChI is InChI=1S/C14H18BrNO/c1-11-10-12-6-2-3-7-13(12)16(11)14(17)8-4-5-9-15/h2-3,6-7,11H,4-5,8-10H2,1H3. The fourth-order valence-electron chi connectivity index (χ4n) is 2.44. The minimum Gasteiger partial charge on any atom is -0.309 e. The minimum absolute atomic E-state index is 0.267. The molecular formula is C14H18BrNO. The summed E-state index contributed by atoms with van der Waals surface area (Å²) in [6, 6.07) is 8.54. The second-order valence-corrected chi connectivity index (χ2v) is 5.38. The van der Waals surface area contributed by atoms with Crippen molar-refractivity contribution in [3.05, 3.63) is 29.8 Å². The summed E-state index contributed by atoms with van der Waals surface area (Å²) in [6.07, 6.45) is 3.68. The second-order valence-electron chi connectivity index (χ2n) is 4.59. The molecule has 2 nitrogen and oxygen atoms in total. The maximum Gasteiger partial charge on any atom is 0.227 e. The van der Waals surface area contributed by atoms with E-state index in [-0.39, 0.29) is 5.91 Å². The summed E-state index contributed by atoms with van der Waals surface area (Å²) < 4.78 is 0. The highest BCUT2D eigenvalue weighted by Crippen LogP contribution is 2.32. The molecular weight excluding hydrogens is 278 g/mol.